The first-order chi connectivity index (χ1) is 15.0. The topological polar surface area (TPSA) is 105 Å². The molecule has 2 fully saturated rings. The molecule has 2 N–H and O–H groups in total. The Morgan fingerprint density at radius 2 is 1.55 bits per heavy atom. The average molecular weight is 422 g/mol. The molecule has 162 valence electrons. The predicted molar refractivity (Wildman–Crippen MR) is 119 cm³/mol. The van der Waals surface area contributed by atoms with Crippen LogP contribution < -0.4 is 15.5 Å². The third-order valence-corrected chi connectivity index (χ3v) is 5.98. The van der Waals surface area contributed by atoms with Crippen molar-refractivity contribution in [2.45, 2.75) is 44.6 Å². The molecule has 0 atom stereocenters. The van der Waals surface area contributed by atoms with Crippen LogP contribution in [0.2, 0.25) is 0 Å². The summed E-state index contributed by atoms with van der Waals surface area (Å²) >= 11 is 0. The molecule has 31 heavy (non-hydrogen) atoms. The second kappa shape index (κ2) is 9.16. The number of nitro benzene ring substituents is 1. The van der Waals surface area contributed by atoms with E-state index >= 15 is 0 Å². The standard InChI is InChI=1S/C23H26N4O4/c28-22(24-18-5-1-2-6-18)16-7-10-19(11-8-16)25-23(29)17-9-12-20(21(15-17)27(30)31)26-13-3-4-14-26/h7-12,15,18H,1-6,13-14H2,(H,24,28)(H,25,29). The largest absolute Gasteiger partial charge is 0.366 e. The molecule has 1 saturated carbocycles. The van der Waals surface area contributed by atoms with Gasteiger partial charge in [0.15, 0.2) is 0 Å². The van der Waals surface area contributed by atoms with E-state index in [9.17, 15) is 19.7 Å². The zero-order chi connectivity index (χ0) is 21.8. The normalized spacial score (nSPS) is 16.3. The summed E-state index contributed by atoms with van der Waals surface area (Å²) in [5, 5.41) is 17.3. The van der Waals surface area contributed by atoms with Crippen molar-refractivity contribution >= 4 is 28.9 Å². The predicted octanol–water partition coefficient (Wildman–Crippen LogP) is 4.12. The van der Waals surface area contributed by atoms with Crippen molar-refractivity contribution < 1.29 is 14.5 Å². The van der Waals surface area contributed by atoms with Crippen LogP contribution in [0.25, 0.3) is 0 Å². The van der Waals surface area contributed by atoms with Gasteiger partial charge in [0.25, 0.3) is 17.5 Å². The van der Waals surface area contributed by atoms with E-state index in [4.69, 9.17) is 0 Å². The van der Waals surface area contributed by atoms with Crippen LogP contribution in [0.5, 0.6) is 0 Å². The van der Waals surface area contributed by atoms with Crippen LogP contribution in [0.3, 0.4) is 0 Å². The maximum atomic E-state index is 12.6. The van der Waals surface area contributed by atoms with Gasteiger partial charge in [-0.3, -0.25) is 19.7 Å². The molecule has 1 saturated heterocycles. The van der Waals surface area contributed by atoms with Crippen LogP contribution in [0, 0.1) is 10.1 Å². The van der Waals surface area contributed by atoms with E-state index in [1.807, 2.05) is 4.90 Å². The minimum Gasteiger partial charge on any atom is -0.366 e. The molecule has 2 amide bonds. The summed E-state index contributed by atoms with van der Waals surface area (Å²) in [5.41, 5.74) is 1.77. The maximum Gasteiger partial charge on any atom is 0.293 e. The second-order valence-corrected chi connectivity index (χ2v) is 8.14. The van der Waals surface area contributed by atoms with Crippen molar-refractivity contribution in [1.82, 2.24) is 5.32 Å². The third kappa shape index (κ3) is 4.84. The van der Waals surface area contributed by atoms with Gasteiger partial charge in [-0.2, -0.15) is 0 Å². The number of nitro groups is 1. The highest BCUT2D eigenvalue weighted by atomic mass is 16.6. The molecule has 1 aliphatic carbocycles. The Kier molecular flexibility index (Phi) is 6.16. The highest BCUT2D eigenvalue weighted by Gasteiger charge is 2.24. The Bertz CT molecular complexity index is 978. The van der Waals surface area contributed by atoms with Crippen LogP contribution in [0.15, 0.2) is 42.5 Å². The molecule has 2 aliphatic rings. The fourth-order valence-electron chi connectivity index (χ4n) is 4.28. The van der Waals surface area contributed by atoms with Crippen LogP contribution in [-0.2, 0) is 0 Å². The summed E-state index contributed by atoms with van der Waals surface area (Å²) in [7, 11) is 0. The first-order valence-corrected chi connectivity index (χ1v) is 10.8. The summed E-state index contributed by atoms with van der Waals surface area (Å²) in [6.07, 6.45) is 6.34. The van der Waals surface area contributed by atoms with Crippen molar-refractivity contribution in [2.75, 3.05) is 23.3 Å². The summed E-state index contributed by atoms with van der Waals surface area (Å²) in [6, 6.07) is 11.5. The Labute approximate surface area is 180 Å². The first-order valence-electron chi connectivity index (χ1n) is 10.8. The lowest BCUT2D eigenvalue weighted by Crippen LogP contribution is -2.32. The van der Waals surface area contributed by atoms with E-state index in [-0.39, 0.29) is 23.2 Å². The smallest absolute Gasteiger partial charge is 0.293 e. The van der Waals surface area contributed by atoms with Gasteiger partial charge in [-0.15, -0.1) is 0 Å². The van der Waals surface area contributed by atoms with Gasteiger partial charge in [-0.1, -0.05) is 12.8 Å². The van der Waals surface area contributed by atoms with Gasteiger partial charge in [0, 0.05) is 42.0 Å². The number of carbonyl (C=O) groups is 2. The molecule has 0 spiro atoms. The van der Waals surface area contributed by atoms with Crippen molar-refractivity contribution in [1.29, 1.82) is 0 Å². The minimum atomic E-state index is -0.442. The van der Waals surface area contributed by atoms with Gasteiger partial charge in [-0.25, -0.2) is 0 Å². The van der Waals surface area contributed by atoms with Gasteiger partial charge < -0.3 is 15.5 Å². The Morgan fingerprint density at radius 3 is 2.19 bits per heavy atom. The Hall–Kier alpha value is -3.42. The highest BCUT2D eigenvalue weighted by Crippen LogP contribution is 2.32. The number of carbonyl (C=O) groups excluding carboxylic acids is 2. The maximum absolute atomic E-state index is 12.6. The van der Waals surface area contributed by atoms with Gasteiger partial charge in [0.05, 0.1) is 4.92 Å². The molecule has 2 aromatic rings. The molecule has 8 heteroatoms. The molecule has 8 nitrogen and oxygen atoms in total. The number of benzene rings is 2. The zero-order valence-corrected chi connectivity index (χ0v) is 17.3. The van der Waals surface area contributed by atoms with Gasteiger partial charge >= 0.3 is 0 Å². The minimum absolute atomic E-state index is 0.0616. The van der Waals surface area contributed by atoms with Crippen molar-refractivity contribution in [3.05, 3.63) is 63.7 Å². The molecule has 1 heterocycles. The van der Waals surface area contributed by atoms with Crippen LogP contribution in [0.1, 0.15) is 59.2 Å². The lowest BCUT2D eigenvalue weighted by Gasteiger charge is -2.17. The molecular formula is C23H26N4O4. The lowest BCUT2D eigenvalue weighted by molar-refractivity contribution is -0.384. The average Bonchev–Trinajstić information content (AvgIpc) is 3.48. The zero-order valence-electron chi connectivity index (χ0n) is 17.3. The van der Waals surface area contributed by atoms with E-state index in [2.05, 4.69) is 10.6 Å². The molecular weight excluding hydrogens is 396 g/mol. The van der Waals surface area contributed by atoms with E-state index < -0.39 is 10.8 Å². The number of hydrogen-bond donors (Lipinski definition) is 2. The SMILES string of the molecule is O=C(Nc1ccc(C(=O)NC2CCCC2)cc1)c1ccc(N2CCCC2)c([N+](=O)[O-])c1. The molecule has 2 aromatic carbocycles. The second-order valence-electron chi connectivity index (χ2n) is 8.14. The quantitative estimate of drug-likeness (QED) is 0.538. The summed E-state index contributed by atoms with van der Waals surface area (Å²) in [5.74, 6) is -0.544. The van der Waals surface area contributed by atoms with Gasteiger partial charge in [-0.05, 0) is 62.1 Å². The number of nitrogens with one attached hydrogen (secondary N) is 2. The number of rotatable bonds is 6. The molecule has 0 bridgehead atoms. The molecule has 0 aromatic heterocycles. The fourth-order valence-corrected chi connectivity index (χ4v) is 4.28. The van der Waals surface area contributed by atoms with Crippen LogP contribution in [0.4, 0.5) is 17.1 Å². The summed E-state index contributed by atoms with van der Waals surface area (Å²) < 4.78 is 0. The highest BCUT2D eigenvalue weighted by molar-refractivity contribution is 6.05. The van der Waals surface area contributed by atoms with Crippen molar-refractivity contribution in [2.24, 2.45) is 0 Å². The van der Waals surface area contributed by atoms with Crippen molar-refractivity contribution in [3.8, 4) is 0 Å². The third-order valence-electron chi connectivity index (χ3n) is 5.98. The first kappa shape index (κ1) is 20.8. The molecule has 4 rings (SSSR count). The molecule has 0 unspecified atom stereocenters. The Morgan fingerprint density at radius 1 is 0.903 bits per heavy atom. The van der Waals surface area contributed by atoms with Crippen LogP contribution in [-0.4, -0.2) is 35.9 Å². The van der Waals surface area contributed by atoms with E-state index in [0.717, 1.165) is 51.6 Å². The number of hydrogen-bond acceptors (Lipinski definition) is 5. The summed E-state index contributed by atoms with van der Waals surface area (Å²) in [4.78, 5) is 38.1. The number of amides is 2. The fraction of sp³-hybridized carbons (Fsp3) is 0.391. The van der Waals surface area contributed by atoms with Crippen LogP contribution >= 0.6 is 0 Å². The summed E-state index contributed by atoms with van der Waals surface area (Å²) in [6.45, 7) is 1.57. The number of anilines is 2. The lowest BCUT2D eigenvalue weighted by atomic mass is 10.1. The van der Waals surface area contributed by atoms with Gasteiger partial charge in [0.1, 0.15) is 5.69 Å². The van der Waals surface area contributed by atoms with E-state index in [0.29, 0.717) is 16.9 Å². The monoisotopic (exact) mass is 422 g/mol. The van der Waals surface area contributed by atoms with E-state index in [1.165, 1.54) is 6.07 Å². The molecule has 0 radical (unpaired) electrons. The van der Waals surface area contributed by atoms with Crippen molar-refractivity contribution in [3.63, 3.8) is 0 Å². The Balaban J connectivity index is 1.43. The molecule has 1 aliphatic heterocycles. The number of nitrogens with zero attached hydrogens (tertiary/aromatic N) is 2. The van der Waals surface area contributed by atoms with E-state index in [1.54, 1.807) is 36.4 Å². The van der Waals surface area contributed by atoms with Gasteiger partial charge in [0.2, 0.25) is 0 Å².